The molecule has 154 valence electrons. The molecule has 0 radical (unpaired) electrons. The molecule has 0 bridgehead atoms. The van der Waals surface area contributed by atoms with Crippen molar-refractivity contribution in [3.8, 4) is 5.75 Å². The normalized spacial score (nSPS) is 12.1. The molecule has 0 aliphatic heterocycles. The first-order chi connectivity index (χ1) is 14.4. The lowest BCUT2D eigenvalue weighted by Crippen LogP contribution is -2.04. The average molecular weight is 432 g/mol. The summed E-state index contributed by atoms with van der Waals surface area (Å²) in [6, 6.07) is 12.6. The topological polar surface area (TPSA) is 69.6 Å². The Kier molecular flexibility index (Phi) is 5.44. The van der Waals surface area contributed by atoms with Crippen LogP contribution >= 0.6 is 11.8 Å². The number of fused-ring (bicyclic) bond motifs is 1. The lowest BCUT2D eigenvalue weighted by atomic mass is 10.1. The van der Waals surface area contributed by atoms with Crippen LogP contribution in [0.2, 0.25) is 0 Å². The van der Waals surface area contributed by atoms with Crippen LogP contribution in [0, 0.1) is 0 Å². The number of rotatable bonds is 6. The third kappa shape index (κ3) is 4.30. The van der Waals surface area contributed by atoms with E-state index in [9.17, 15) is 13.2 Å². The van der Waals surface area contributed by atoms with Crippen molar-refractivity contribution in [2.75, 3.05) is 7.11 Å². The van der Waals surface area contributed by atoms with Crippen molar-refractivity contribution in [2.24, 2.45) is 5.10 Å². The van der Waals surface area contributed by atoms with E-state index in [1.165, 1.54) is 33.3 Å². The summed E-state index contributed by atoms with van der Waals surface area (Å²) >= 11 is 1.24. The Morgan fingerprint density at radius 2 is 1.93 bits per heavy atom. The first kappa shape index (κ1) is 20.0. The summed E-state index contributed by atoms with van der Waals surface area (Å²) in [5, 5.41) is 17.1. The second-order valence-electron chi connectivity index (χ2n) is 6.17. The van der Waals surface area contributed by atoms with Gasteiger partial charge in [-0.05, 0) is 41.5 Å². The van der Waals surface area contributed by atoms with E-state index in [0.29, 0.717) is 22.3 Å². The Morgan fingerprint density at radius 1 is 1.13 bits per heavy atom. The van der Waals surface area contributed by atoms with E-state index in [2.05, 4.69) is 20.4 Å². The highest BCUT2D eigenvalue weighted by molar-refractivity contribution is 7.98. The van der Waals surface area contributed by atoms with Crippen LogP contribution in [0.15, 0.2) is 65.1 Å². The summed E-state index contributed by atoms with van der Waals surface area (Å²) in [5.41, 5.74) is 0.717. The number of ether oxygens (including phenoxy) is 1. The molecule has 2 aromatic heterocycles. The molecular weight excluding hydrogens is 417 g/mol. The summed E-state index contributed by atoms with van der Waals surface area (Å²) in [6.45, 7) is 0. The van der Waals surface area contributed by atoms with E-state index in [4.69, 9.17) is 4.74 Å². The average Bonchev–Trinajstić information content (AvgIpc) is 3.33. The number of hydrogen-bond acceptors (Lipinski definition) is 6. The van der Waals surface area contributed by atoms with Crippen LogP contribution in [-0.4, -0.2) is 37.8 Å². The van der Waals surface area contributed by atoms with E-state index in [1.54, 1.807) is 19.4 Å². The third-order valence-corrected chi connectivity index (χ3v) is 5.14. The minimum absolute atomic E-state index is 0.298. The molecule has 0 amide bonds. The monoisotopic (exact) mass is 432 g/mol. The molecule has 0 spiro atoms. The van der Waals surface area contributed by atoms with Gasteiger partial charge in [-0.2, -0.15) is 32.6 Å². The summed E-state index contributed by atoms with van der Waals surface area (Å²) in [4.78, 5) is 0. The molecule has 2 heterocycles. The molecule has 0 aliphatic carbocycles. The number of benzene rings is 2. The number of aromatic nitrogens is 5. The van der Waals surface area contributed by atoms with Crippen molar-refractivity contribution < 1.29 is 17.9 Å². The van der Waals surface area contributed by atoms with Gasteiger partial charge in [0.1, 0.15) is 12.1 Å². The highest BCUT2D eigenvalue weighted by atomic mass is 32.2. The van der Waals surface area contributed by atoms with Crippen LogP contribution in [0.3, 0.4) is 0 Å². The molecule has 4 rings (SSSR count). The molecule has 0 aliphatic rings. The van der Waals surface area contributed by atoms with Crippen LogP contribution in [0.1, 0.15) is 16.7 Å². The Balaban J connectivity index is 1.48. The zero-order chi connectivity index (χ0) is 21.1. The van der Waals surface area contributed by atoms with Crippen molar-refractivity contribution in [3.05, 3.63) is 71.5 Å². The lowest BCUT2D eigenvalue weighted by Gasteiger charge is -2.07. The number of hydrogen-bond donors (Lipinski definition) is 0. The summed E-state index contributed by atoms with van der Waals surface area (Å²) < 4.78 is 46.7. The summed E-state index contributed by atoms with van der Waals surface area (Å²) in [5.74, 6) is 1.44. The van der Waals surface area contributed by atoms with Crippen molar-refractivity contribution in [2.45, 2.75) is 17.1 Å². The van der Waals surface area contributed by atoms with Gasteiger partial charge >= 0.3 is 6.18 Å². The van der Waals surface area contributed by atoms with E-state index >= 15 is 0 Å². The molecule has 0 atom stereocenters. The Hall–Kier alpha value is -3.34. The van der Waals surface area contributed by atoms with Gasteiger partial charge in [0.2, 0.25) is 5.16 Å². The van der Waals surface area contributed by atoms with Crippen LogP contribution in [0.25, 0.3) is 5.78 Å². The second-order valence-corrected chi connectivity index (χ2v) is 7.12. The molecule has 11 heteroatoms. The van der Waals surface area contributed by atoms with Gasteiger partial charge in [-0.15, -0.1) is 10.2 Å². The number of thioether (sulfide) groups is 1. The van der Waals surface area contributed by atoms with Crippen molar-refractivity contribution in [1.29, 1.82) is 0 Å². The molecule has 30 heavy (non-hydrogen) atoms. The molecular formula is C19H15F3N6OS. The highest BCUT2D eigenvalue weighted by Gasteiger charge is 2.30. The molecule has 0 saturated heterocycles. The zero-order valence-corrected chi connectivity index (χ0v) is 16.4. The maximum absolute atomic E-state index is 12.9. The Bertz CT molecular complexity index is 1180. The van der Waals surface area contributed by atoms with Crippen molar-refractivity contribution >= 4 is 23.8 Å². The van der Waals surface area contributed by atoms with Gasteiger partial charge in [-0.3, -0.25) is 0 Å². The molecule has 0 unspecified atom stereocenters. The molecule has 0 saturated carbocycles. The third-order valence-electron chi connectivity index (χ3n) is 4.15. The Morgan fingerprint density at radius 3 is 2.67 bits per heavy atom. The zero-order valence-electron chi connectivity index (χ0n) is 15.6. The van der Waals surface area contributed by atoms with Crippen LogP contribution in [0.5, 0.6) is 5.75 Å². The van der Waals surface area contributed by atoms with Gasteiger partial charge in [0, 0.05) is 5.75 Å². The summed E-state index contributed by atoms with van der Waals surface area (Å²) in [6.07, 6.45) is -1.24. The maximum Gasteiger partial charge on any atom is 0.416 e. The fourth-order valence-electron chi connectivity index (χ4n) is 2.63. The highest BCUT2D eigenvalue weighted by Crippen LogP contribution is 2.31. The summed E-state index contributed by atoms with van der Waals surface area (Å²) in [7, 11) is 1.60. The molecule has 7 nitrogen and oxygen atoms in total. The van der Waals surface area contributed by atoms with Gasteiger partial charge < -0.3 is 4.74 Å². The van der Waals surface area contributed by atoms with Gasteiger partial charge in [0.15, 0.2) is 0 Å². The fourth-order valence-corrected chi connectivity index (χ4v) is 3.45. The van der Waals surface area contributed by atoms with Crippen LogP contribution in [0.4, 0.5) is 13.2 Å². The van der Waals surface area contributed by atoms with Crippen molar-refractivity contribution in [1.82, 2.24) is 24.5 Å². The van der Waals surface area contributed by atoms with Gasteiger partial charge in [0.25, 0.3) is 5.78 Å². The molecule has 2 aromatic carbocycles. The SMILES string of the molecule is COc1ccc(C=Nn2cnn3c(SCc4cccc(C(F)(F)F)c4)nnc23)cc1. The van der Waals surface area contributed by atoms with Crippen LogP contribution in [-0.2, 0) is 11.9 Å². The van der Waals surface area contributed by atoms with Crippen molar-refractivity contribution in [3.63, 3.8) is 0 Å². The molecule has 0 N–H and O–H groups in total. The number of alkyl halides is 3. The van der Waals surface area contributed by atoms with Gasteiger partial charge in [-0.25, -0.2) is 0 Å². The second kappa shape index (κ2) is 8.19. The first-order valence-electron chi connectivity index (χ1n) is 8.70. The number of halogens is 3. The fraction of sp³-hybridized carbons (Fsp3) is 0.158. The Labute approximate surface area is 173 Å². The predicted octanol–water partition coefficient (Wildman–Crippen LogP) is 4.13. The quantitative estimate of drug-likeness (QED) is 0.339. The number of methoxy groups -OCH3 is 1. The van der Waals surface area contributed by atoms with Gasteiger partial charge in [-0.1, -0.05) is 30.0 Å². The first-order valence-corrected chi connectivity index (χ1v) is 9.69. The molecule has 4 aromatic rings. The standard InChI is InChI=1S/C19H15F3N6OS/c1-29-16-7-5-13(6-8-16)10-23-27-12-24-28-17(27)25-26-18(28)30-11-14-3-2-4-15(9-14)19(20,21)22/h2-10,12H,11H2,1H3. The maximum atomic E-state index is 12.9. The van der Waals surface area contributed by atoms with E-state index < -0.39 is 11.7 Å². The lowest BCUT2D eigenvalue weighted by molar-refractivity contribution is -0.137. The number of nitrogens with zero attached hydrogens (tertiary/aromatic N) is 6. The smallest absolute Gasteiger partial charge is 0.416 e. The van der Waals surface area contributed by atoms with E-state index in [0.717, 1.165) is 23.4 Å². The predicted molar refractivity (Wildman–Crippen MR) is 106 cm³/mol. The minimum Gasteiger partial charge on any atom is -0.497 e. The largest absolute Gasteiger partial charge is 0.497 e. The van der Waals surface area contributed by atoms with Crippen LogP contribution < -0.4 is 4.74 Å². The van der Waals surface area contributed by atoms with E-state index in [-0.39, 0.29) is 0 Å². The molecule has 0 fully saturated rings. The van der Waals surface area contributed by atoms with E-state index in [1.807, 2.05) is 24.3 Å². The van der Waals surface area contributed by atoms with Gasteiger partial charge in [0.05, 0.1) is 18.9 Å². The minimum atomic E-state index is -4.37.